The molecule has 3 aromatic carbocycles. The molecule has 0 radical (unpaired) electrons. The Balaban J connectivity index is 1.39. The fourth-order valence-corrected chi connectivity index (χ4v) is 4.73. The van der Waals surface area contributed by atoms with Gasteiger partial charge in [-0.2, -0.15) is 5.26 Å². The van der Waals surface area contributed by atoms with Crippen molar-refractivity contribution in [1.29, 1.82) is 5.26 Å². The molecular weight excluding hydrogens is 460 g/mol. The lowest BCUT2D eigenvalue weighted by Gasteiger charge is -2.27. The summed E-state index contributed by atoms with van der Waals surface area (Å²) in [5.74, 6) is 0.0335. The minimum atomic E-state index is -0.732. The molecule has 5 nitrogen and oxygen atoms in total. The van der Waals surface area contributed by atoms with Crippen LogP contribution in [-0.4, -0.2) is 22.7 Å². The third-order valence-corrected chi connectivity index (χ3v) is 7.40. The number of nitrogens with zero attached hydrogens (tertiary/aromatic N) is 1. The van der Waals surface area contributed by atoms with E-state index in [4.69, 9.17) is 4.74 Å². The van der Waals surface area contributed by atoms with Gasteiger partial charge in [-0.3, -0.25) is 4.79 Å². The molecule has 1 amide bonds. The molecule has 190 valence electrons. The standard InChI is InChI=1S/C32H34N2O3/c1-22(2)20-28(30(35)34-31(21-33)16-17-31)37-29(25-6-4-3-5-7-25)26-10-8-23(9-11-26)24-12-14-27(15-13-24)32(36)18-19-32/h3-15,22,28-29,36H,16-20H2,1-2H3,(H,34,35)/t28-,29+/m0/s1. The van der Waals surface area contributed by atoms with Crippen molar-refractivity contribution in [3.63, 3.8) is 0 Å². The molecule has 0 bridgehead atoms. The van der Waals surface area contributed by atoms with Crippen LogP contribution >= 0.6 is 0 Å². The lowest BCUT2D eigenvalue weighted by Crippen LogP contribution is -2.44. The lowest BCUT2D eigenvalue weighted by molar-refractivity contribution is -0.137. The van der Waals surface area contributed by atoms with Gasteiger partial charge in [0.25, 0.3) is 0 Å². The van der Waals surface area contributed by atoms with Crippen LogP contribution in [0.3, 0.4) is 0 Å². The molecule has 2 saturated carbocycles. The number of nitrogens with one attached hydrogen (secondary N) is 1. The van der Waals surface area contributed by atoms with Crippen molar-refractivity contribution in [2.24, 2.45) is 5.92 Å². The van der Waals surface area contributed by atoms with E-state index in [9.17, 15) is 15.2 Å². The van der Waals surface area contributed by atoms with Crippen LogP contribution in [0.15, 0.2) is 78.9 Å². The molecule has 0 spiro atoms. The highest BCUT2D eigenvalue weighted by molar-refractivity contribution is 5.82. The molecule has 2 atom stereocenters. The summed E-state index contributed by atoms with van der Waals surface area (Å²) in [4.78, 5) is 13.2. The average molecular weight is 495 g/mol. The van der Waals surface area contributed by atoms with E-state index in [-0.39, 0.29) is 11.8 Å². The molecule has 2 N–H and O–H groups in total. The van der Waals surface area contributed by atoms with Gasteiger partial charge >= 0.3 is 0 Å². The first kappa shape index (κ1) is 25.2. The predicted molar refractivity (Wildman–Crippen MR) is 143 cm³/mol. The maximum Gasteiger partial charge on any atom is 0.250 e. The maximum atomic E-state index is 13.2. The largest absolute Gasteiger partial charge is 0.385 e. The van der Waals surface area contributed by atoms with Gasteiger partial charge in [-0.25, -0.2) is 0 Å². The normalized spacial score (nSPS) is 18.5. The molecule has 3 aromatic rings. The van der Waals surface area contributed by atoms with Gasteiger partial charge in [0.05, 0.1) is 11.7 Å². The summed E-state index contributed by atoms with van der Waals surface area (Å²) in [6.07, 6.45) is 2.50. The Labute approximate surface area is 219 Å². The van der Waals surface area contributed by atoms with Crippen LogP contribution in [0.1, 0.15) is 68.7 Å². The molecule has 2 aliphatic rings. The van der Waals surface area contributed by atoms with Gasteiger partial charge in [-0.1, -0.05) is 92.7 Å². The van der Waals surface area contributed by atoms with Crippen molar-refractivity contribution < 1.29 is 14.6 Å². The molecule has 2 aliphatic carbocycles. The Morgan fingerprint density at radius 1 is 0.919 bits per heavy atom. The first-order valence-electron chi connectivity index (χ1n) is 13.2. The smallest absolute Gasteiger partial charge is 0.250 e. The molecule has 0 unspecified atom stereocenters. The zero-order chi connectivity index (χ0) is 26.0. The van der Waals surface area contributed by atoms with E-state index in [0.717, 1.165) is 40.7 Å². The Hall–Kier alpha value is -3.46. The van der Waals surface area contributed by atoms with E-state index in [1.54, 1.807) is 0 Å². The Morgan fingerprint density at radius 3 is 2.00 bits per heavy atom. The van der Waals surface area contributed by atoms with Gasteiger partial charge < -0.3 is 15.2 Å². The molecule has 5 heteroatoms. The zero-order valence-electron chi connectivity index (χ0n) is 21.5. The second kappa shape index (κ2) is 10.1. The fraction of sp³-hybridized carbons (Fsp3) is 0.375. The number of amides is 1. The van der Waals surface area contributed by atoms with Crippen molar-refractivity contribution >= 4 is 5.91 Å². The van der Waals surface area contributed by atoms with E-state index in [0.29, 0.717) is 19.3 Å². The van der Waals surface area contributed by atoms with Crippen LogP contribution in [0.4, 0.5) is 0 Å². The number of carbonyl (C=O) groups excluding carboxylic acids is 1. The number of hydrogen-bond donors (Lipinski definition) is 2. The average Bonchev–Trinajstić information content (AvgIpc) is 3.85. The van der Waals surface area contributed by atoms with Crippen LogP contribution in [0.25, 0.3) is 11.1 Å². The highest BCUT2D eigenvalue weighted by Gasteiger charge is 2.46. The summed E-state index contributed by atoms with van der Waals surface area (Å²) >= 11 is 0. The summed E-state index contributed by atoms with van der Waals surface area (Å²) in [5, 5.41) is 22.8. The monoisotopic (exact) mass is 494 g/mol. The van der Waals surface area contributed by atoms with Crippen molar-refractivity contribution in [3.05, 3.63) is 95.6 Å². The van der Waals surface area contributed by atoms with Crippen LogP contribution in [0.2, 0.25) is 0 Å². The minimum Gasteiger partial charge on any atom is -0.385 e. The quantitative estimate of drug-likeness (QED) is 0.361. The number of carbonyl (C=O) groups is 1. The van der Waals surface area contributed by atoms with Crippen molar-refractivity contribution in [2.45, 2.75) is 69.3 Å². The van der Waals surface area contributed by atoms with Gasteiger partial charge in [0.1, 0.15) is 17.7 Å². The third-order valence-electron chi connectivity index (χ3n) is 7.40. The van der Waals surface area contributed by atoms with Crippen LogP contribution in [0.5, 0.6) is 0 Å². The van der Waals surface area contributed by atoms with Crippen molar-refractivity contribution in [1.82, 2.24) is 5.32 Å². The molecular formula is C32H34N2O3. The van der Waals surface area contributed by atoms with Gasteiger partial charge in [-0.15, -0.1) is 0 Å². The van der Waals surface area contributed by atoms with Gasteiger partial charge in [0.15, 0.2) is 0 Å². The fourth-order valence-electron chi connectivity index (χ4n) is 4.73. The minimum absolute atomic E-state index is 0.220. The number of benzene rings is 3. The summed E-state index contributed by atoms with van der Waals surface area (Å²) in [6, 6.07) is 28.6. The molecule has 37 heavy (non-hydrogen) atoms. The van der Waals surface area contributed by atoms with E-state index in [1.165, 1.54) is 0 Å². The van der Waals surface area contributed by atoms with E-state index in [2.05, 4.69) is 61.6 Å². The summed E-state index contributed by atoms with van der Waals surface area (Å²) in [7, 11) is 0. The van der Waals surface area contributed by atoms with Gasteiger partial charge in [0, 0.05) is 0 Å². The Morgan fingerprint density at radius 2 is 1.49 bits per heavy atom. The molecule has 0 aliphatic heterocycles. The highest BCUT2D eigenvalue weighted by Crippen LogP contribution is 2.45. The third kappa shape index (κ3) is 5.77. The van der Waals surface area contributed by atoms with E-state index in [1.807, 2.05) is 42.5 Å². The maximum absolute atomic E-state index is 13.2. The number of aliphatic hydroxyl groups is 1. The van der Waals surface area contributed by atoms with Crippen molar-refractivity contribution in [2.75, 3.05) is 0 Å². The Kier molecular flexibility index (Phi) is 6.90. The number of rotatable bonds is 10. The number of nitriles is 1. The molecule has 2 fully saturated rings. The number of hydrogen-bond acceptors (Lipinski definition) is 4. The second-order valence-electron chi connectivity index (χ2n) is 11.0. The highest BCUT2D eigenvalue weighted by atomic mass is 16.5. The van der Waals surface area contributed by atoms with Crippen molar-refractivity contribution in [3.8, 4) is 17.2 Å². The lowest BCUT2D eigenvalue weighted by atomic mass is 9.96. The topological polar surface area (TPSA) is 82.3 Å². The predicted octanol–water partition coefficient (Wildman–Crippen LogP) is 6.03. The molecule has 0 aromatic heterocycles. The SMILES string of the molecule is CC(C)C[C@H](O[C@H](c1ccccc1)c1ccc(-c2ccc(C3(O)CC3)cc2)cc1)C(=O)NC1(C#N)CC1. The zero-order valence-corrected chi connectivity index (χ0v) is 21.5. The van der Waals surface area contributed by atoms with Gasteiger partial charge in [-0.05, 0) is 65.8 Å². The van der Waals surface area contributed by atoms with E-state index < -0.39 is 23.3 Å². The Bertz CT molecular complexity index is 1270. The molecule has 5 rings (SSSR count). The van der Waals surface area contributed by atoms with Crippen LogP contribution in [0, 0.1) is 17.2 Å². The first-order valence-corrected chi connectivity index (χ1v) is 13.2. The van der Waals surface area contributed by atoms with Gasteiger partial charge in [0.2, 0.25) is 5.91 Å². The van der Waals surface area contributed by atoms with Crippen LogP contribution in [-0.2, 0) is 15.1 Å². The van der Waals surface area contributed by atoms with Crippen LogP contribution < -0.4 is 5.32 Å². The summed E-state index contributed by atoms with van der Waals surface area (Å²) < 4.78 is 6.57. The second-order valence-corrected chi connectivity index (χ2v) is 11.0. The summed E-state index contributed by atoms with van der Waals surface area (Å²) in [5.41, 5.74) is 3.70. The molecule has 0 saturated heterocycles. The summed E-state index contributed by atoms with van der Waals surface area (Å²) in [6.45, 7) is 4.14. The molecule has 0 heterocycles. The van der Waals surface area contributed by atoms with E-state index >= 15 is 0 Å². The number of ether oxygens (including phenoxy) is 1. The first-order chi connectivity index (χ1) is 17.8.